The number of rotatable bonds is 13. The maximum atomic E-state index is 14.0. The number of carbonyl (C=O) groups is 2. The molecule has 1 N–H and O–H groups in total. The van der Waals surface area contributed by atoms with Gasteiger partial charge in [-0.1, -0.05) is 55.7 Å². The highest BCUT2D eigenvalue weighted by Gasteiger charge is 2.31. The lowest BCUT2D eigenvalue weighted by molar-refractivity contribution is -0.130. The van der Waals surface area contributed by atoms with Crippen LogP contribution in [0, 0.1) is 40.5 Å². The maximum absolute atomic E-state index is 14.0. The SMILES string of the molecule is CC(Br)CC(C)CC(C)CC(C)(C)C(=O)NCCCOC(=O)c1c(F)c(F)c(N=[N+]=[N-])c(F)c1F. The Morgan fingerprint density at radius 1 is 1.06 bits per heavy atom. The van der Waals surface area contributed by atoms with Crippen molar-refractivity contribution in [1.29, 1.82) is 0 Å². The first-order valence-corrected chi connectivity index (χ1v) is 12.1. The van der Waals surface area contributed by atoms with Crippen molar-refractivity contribution in [3.63, 3.8) is 0 Å². The number of amides is 1. The molecule has 1 rings (SSSR count). The van der Waals surface area contributed by atoms with Gasteiger partial charge in [0.05, 0.1) is 6.61 Å². The Labute approximate surface area is 210 Å². The van der Waals surface area contributed by atoms with Gasteiger partial charge in [-0.15, -0.1) is 0 Å². The van der Waals surface area contributed by atoms with Gasteiger partial charge in [-0.3, -0.25) is 4.79 Å². The zero-order valence-corrected chi connectivity index (χ0v) is 22.0. The Kier molecular flexibility index (Phi) is 12.0. The van der Waals surface area contributed by atoms with Crippen LogP contribution in [0.4, 0.5) is 23.2 Å². The number of carbonyl (C=O) groups excluding carboxylic acids is 2. The number of halogens is 5. The summed E-state index contributed by atoms with van der Waals surface area (Å²) in [6.07, 6.45) is 2.81. The lowest BCUT2D eigenvalue weighted by Gasteiger charge is -2.28. The van der Waals surface area contributed by atoms with Gasteiger partial charge >= 0.3 is 5.97 Å². The van der Waals surface area contributed by atoms with Crippen molar-refractivity contribution in [2.75, 3.05) is 13.2 Å². The van der Waals surface area contributed by atoms with Gasteiger partial charge in [0, 0.05) is 21.7 Å². The Hall–Kier alpha value is -2.33. The summed E-state index contributed by atoms with van der Waals surface area (Å²) in [6.45, 7) is 9.81. The first kappa shape index (κ1) is 30.7. The topological polar surface area (TPSA) is 104 Å². The van der Waals surface area contributed by atoms with Crippen molar-refractivity contribution >= 4 is 33.5 Å². The lowest BCUT2D eigenvalue weighted by atomic mass is 9.79. The average molecular weight is 567 g/mol. The molecule has 7 nitrogen and oxygen atoms in total. The average Bonchev–Trinajstić information content (AvgIpc) is 2.73. The summed E-state index contributed by atoms with van der Waals surface area (Å²) in [5, 5.41) is 5.29. The zero-order valence-electron chi connectivity index (χ0n) is 20.4. The molecule has 0 radical (unpaired) electrons. The molecule has 0 aliphatic rings. The Morgan fingerprint density at radius 3 is 2.14 bits per heavy atom. The molecule has 3 atom stereocenters. The van der Waals surface area contributed by atoms with Crippen molar-refractivity contribution < 1.29 is 31.9 Å². The summed E-state index contributed by atoms with van der Waals surface area (Å²) in [5.74, 6) is -9.04. The molecule has 1 aromatic carbocycles. The van der Waals surface area contributed by atoms with E-state index < -0.39 is 45.9 Å². The Balaban J connectivity index is 2.58. The summed E-state index contributed by atoms with van der Waals surface area (Å²) in [6, 6.07) is 0. The van der Waals surface area contributed by atoms with Gasteiger partial charge < -0.3 is 10.1 Å². The Morgan fingerprint density at radius 2 is 1.63 bits per heavy atom. The summed E-state index contributed by atoms with van der Waals surface area (Å²) >= 11 is 3.55. The van der Waals surface area contributed by atoms with E-state index in [9.17, 15) is 27.2 Å². The number of alkyl halides is 1. The quantitative estimate of drug-likeness (QED) is 0.0402. The highest BCUT2D eigenvalue weighted by molar-refractivity contribution is 9.09. The molecule has 0 heterocycles. The van der Waals surface area contributed by atoms with Crippen LogP contribution in [-0.2, 0) is 9.53 Å². The third kappa shape index (κ3) is 9.00. The van der Waals surface area contributed by atoms with Crippen molar-refractivity contribution in [3.05, 3.63) is 39.3 Å². The number of benzene rings is 1. The van der Waals surface area contributed by atoms with Crippen LogP contribution in [0.1, 0.15) is 70.7 Å². The molecular weight excluding hydrogens is 536 g/mol. The van der Waals surface area contributed by atoms with Crippen molar-refractivity contribution in [2.45, 2.75) is 65.1 Å². The molecule has 3 unspecified atom stereocenters. The second kappa shape index (κ2) is 13.7. The highest BCUT2D eigenvalue weighted by atomic mass is 79.9. The van der Waals surface area contributed by atoms with Gasteiger partial charge in [0.2, 0.25) is 5.91 Å². The third-order valence-electron chi connectivity index (χ3n) is 5.43. The van der Waals surface area contributed by atoms with Crippen molar-refractivity contribution in [2.24, 2.45) is 22.4 Å². The van der Waals surface area contributed by atoms with E-state index in [-0.39, 0.29) is 25.5 Å². The smallest absolute Gasteiger partial charge is 0.344 e. The number of esters is 1. The standard InChI is InChI=1S/C23H31BrF4N4O3/c1-12(10-14(3)24)9-13(2)11-23(4,5)22(34)30-7-6-8-35-21(33)15-16(25)18(27)20(31-32-29)19(28)17(15)26/h12-14H,6-11H2,1-5H3,(H,30,34). The molecule has 196 valence electrons. The van der Waals surface area contributed by atoms with E-state index in [0.29, 0.717) is 23.1 Å². The van der Waals surface area contributed by atoms with E-state index in [0.717, 1.165) is 12.8 Å². The van der Waals surface area contributed by atoms with Gasteiger partial charge in [-0.05, 0) is 43.1 Å². The van der Waals surface area contributed by atoms with E-state index >= 15 is 0 Å². The van der Waals surface area contributed by atoms with Crippen LogP contribution in [0.2, 0.25) is 0 Å². The summed E-state index contributed by atoms with van der Waals surface area (Å²) in [4.78, 5) is 27.1. The number of nitrogens with zero attached hydrogens (tertiary/aromatic N) is 3. The molecule has 0 saturated heterocycles. The molecule has 0 aliphatic heterocycles. The van der Waals surface area contributed by atoms with Crippen LogP contribution in [0.25, 0.3) is 10.4 Å². The summed E-state index contributed by atoms with van der Waals surface area (Å²) < 4.78 is 60.3. The molecular formula is C23H31BrF4N4O3. The molecule has 0 aromatic heterocycles. The fourth-order valence-corrected chi connectivity index (χ4v) is 4.71. The molecule has 0 spiro atoms. The number of azide groups is 1. The van der Waals surface area contributed by atoms with E-state index in [1.807, 2.05) is 13.8 Å². The molecule has 0 fully saturated rings. The monoisotopic (exact) mass is 566 g/mol. The normalized spacial score (nSPS) is 14.0. The summed E-state index contributed by atoms with van der Waals surface area (Å²) in [7, 11) is 0. The second-order valence-corrected chi connectivity index (χ2v) is 11.0. The highest BCUT2D eigenvalue weighted by Crippen LogP contribution is 2.32. The Bertz CT molecular complexity index is 940. The minimum Gasteiger partial charge on any atom is -0.462 e. The molecule has 1 aromatic rings. The van der Waals surface area contributed by atoms with Gasteiger partial charge in [-0.2, -0.15) is 0 Å². The first-order valence-electron chi connectivity index (χ1n) is 11.2. The lowest BCUT2D eigenvalue weighted by Crippen LogP contribution is -2.38. The number of ether oxygens (including phenoxy) is 1. The molecule has 0 bridgehead atoms. The minimum atomic E-state index is -2.03. The van der Waals surface area contributed by atoms with Gasteiger partial charge in [-0.25, -0.2) is 22.4 Å². The van der Waals surface area contributed by atoms with Crippen LogP contribution in [0.15, 0.2) is 5.11 Å². The van der Waals surface area contributed by atoms with E-state index in [4.69, 9.17) is 10.3 Å². The minimum absolute atomic E-state index is 0.105. The fourth-order valence-electron chi connectivity index (χ4n) is 4.07. The summed E-state index contributed by atoms with van der Waals surface area (Å²) in [5.41, 5.74) is 4.52. The number of hydrogen-bond donors (Lipinski definition) is 1. The molecule has 1 amide bonds. The molecule has 0 aliphatic carbocycles. The molecule has 0 saturated carbocycles. The van der Waals surface area contributed by atoms with Gasteiger partial charge in [0.25, 0.3) is 0 Å². The van der Waals surface area contributed by atoms with E-state index in [1.165, 1.54) is 0 Å². The van der Waals surface area contributed by atoms with Gasteiger partial charge in [0.15, 0.2) is 23.3 Å². The van der Waals surface area contributed by atoms with Gasteiger partial charge in [0.1, 0.15) is 11.3 Å². The number of nitrogens with one attached hydrogen (secondary N) is 1. The van der Waals surface area contributed by atoms with Crippen molar-refractivity contribution in [1.82, 2.24) is 5.32 Å². The largest absolute Gasteiger partial charge is 0.462 e. The van der Waals surface area contributed by atoms with Crippen molar-refractivity contribution in [3.8, 4) is 0 Å². The zero-order chi connectivity index (χ0) is 26.9. The first-order chi connectivity index (χ1) is 16.2. The predicted octanol–water partition coefficient (Wildman–Crippen LogP) is 7.10. The van der Waals surface area contributed by atoms with Crippen LogP contribution < -0.4 is 5.32 Å². The maximum Gasteiger partial charge on any atom is 0.344 e. The fraction of sp³-hybridized carbons (Fsp3) is 0.652. The number of hydrogen-bond acceptors (Lipinski definition) is 4. The van der Waals surface area contributed by atoms with E-state index in [1.54, 1.807) is 0 Å². The third-order valence-corrected chi connectivity index (χ3v) is 5.81. The molecule has 12 heteroatoms. The van der Waals surface area contributed by atoms with E-state index in [2.05, 4.69) is 52.0 Å². The molecule has 35 heavy (non-hydrogen) atoms. The second-order valence-electron chi connectivity index (χ2n) is 9.46. The van der Waals surface area contributed by atoms with Crippen LogP contribution >= 0.6 is 15.9 Å². The van der Waals surface area contributed by atoms with Crippen LogP contribution in [0.5, 0.6) is 0 Å². The van der Waals surface area contributed by atoms with Crippen LogP contribution in [-0.4, -0.2) is 29.9 Å². The predicted molar refractivity (Wildman–Crippen MR) is 127 cm³/mol. The van der Waals surface area contributed by atoms with Crippen LogP contribution in [0.3, 0.4) is 0 Å².